The lowest BCUT2D eigenvalue weighted by atomic mass is 9.98. The van der Waals surface area contributed by atoms with Crippen LogP contribution in [0.1, 0.15) is 32.6 Å². The lowest BCUT2D eigenvalue weighted by molar-refractivity contribution is -0.141. The zero-order valence-corrected chi connectivity index (χ0v) is 11.7. The molecule has 2 aliphatic rings. The number of aliphatic hydroxyl groups is 2. The minimum Gasteiger partial charge on any atom is -0.480 e. The number of hydrogen-bond acceptors (Lipinski definition) is 4. The van der Waals surface area contributed by atoms with Crippen molar-refractivity contribution >= 4 is 12.0 Å². The van der Waals surface area contributed by atoms with Gasteiger partial charge in [-0.2, -0.15) is 0 Å². The monoisotopic (exact) mass is 286 g/mol. The first kappa shape index (κ1) is 15.1. The first-order chi connectivity index (χ1) is 9.30. The fourth-order valence-electron chi connectivity index (χ4n) is 2.90. The number of β-amino-alcohol motifs (C(OH)–C–C–N with tert-alkyl or cyclic N) is 1. The normalized spacial score (nSPS) is 35.0. The highest BCUT2D eigenvalue weighted by Crippen LogP contribution is 2.25. The molecule has 2 amide bonds. The minimum atomic E-state index is -1.09. The fourth-order valence-corrected chi connectivity index (χ4v) is 2.90. The molecule has 2 saturated heterocycles. The van der Waals surface area contributed by atoms with E-state index < -0.39 is 23.7 Å². The van der Waals surface area contributed by atoms with Gasteiger partial charge < -0.3 is 25.1 Å². The Morgan fingerprint density at radius 2 is 1.95 bits per heavy atom. The first-order valence-corrected chi connectivity index (χ1v) is 6.99. The van der Waals surface area contributed by atoms with E-state index in [0.29, 0.717) is 32.4 Å². The standard InChI is InChI=1S/C13H22N2O5/c1-13(20)3-2-5-14(6-4-13)12(19)15-8-9(16)7-10(15)11(17)18/h9-10,16,20H,2-8H2,1H3,(H,17,18)/t9-,10+,13?/m1/s1. The number of carboxylic acid groups (broad SMARTS) is 1. The molecule has 0 aromatic rings. The van der Waals surface area contributed by atoms with Crippen molar-refractivity contribution in [3.8, 4) is 0 Å². The van der Waals surface area contributed by atoms with Gasteiger partial charge in [-0.05, 0) is 26.2 Å². The molecule has 0 bridgehead atoms. The van der Waals surface area contributed by atoms with Crippen LogP contribution < -0.4 is 0 Å². The first-order valence-electron chi connectivity index (χ1n) is 6.99. The van der Waals surface area contributed by atoms with E-state index in [1.165, 1.54) is 4.90 Å². The number of hydrogen-bond donors (Lipinski definition) is 3. The number of aliphatic carboxylic acids is 1. The molecule has 20 heavy (non-hydrogen) atoms. The van der Waals surface area contributed by atoms with Gasteiger partial charge in [-0.15, -0.1) is 0 Å². The molecule has 0 aromatic carbocycles. The van der Waals surface area contributed by atoms with Gasteiger partial charge in [-0.3, -0.25) is 0 Å². The number of urea groups is 1. The van der Waals surface area contributed by atoms with Crippen LogP contribution in [-0.4, -0.2) is 74.5 Å². The van der Waals surface area contributed by atoms with E-state index in [-0.39, 0.29) is 19.0 Å². The van der Waals surface area contributed by atoms with E-state index in [1.807, 2.05) is 0 Å². The van der Waals surface area contributed by atoms with Gasteiger partial charge in [0.15, 0.2) is 0 Å². The molecule has 2 heterocycles. The molecule has 2 rings (SSSR count). The maximum absolute atomic E-state index is 12.4. The number of carbonyl (C=O) groups is 2. The molecule has 114 valence electrons. The van der Waals surface area contributed by atoms with Gasteiger partial charge in [0.2, 0.25) is 0 Å². The van der Waals surface area contributed by atoms with Crippen molar-refractivity contribution in [3.05, 3.63) is 0 Å². The number of amides is 2. The van der Waals surface area contributed by atoms with Gasteiger partial charge in [0, 0.05) is 26.1 Å². The Bertz CT molecular complexity index is 398. The molecule has 2 aliphatic heterocycles. The summed E-state index contributed by atoms with van der Waals surface area (Å²) in [6.07, 6.45) is 1.09. The highest BCUT2D eigenvalue weighted by atomic mass is 16.4. The zero-order chi connectivity index (χ0) is 14.9. The highest BCUT2D eigenvalue weighted by Gasteiger charge is 2.41. The smallest absolute Gasteiger partial charge is 0.326 e. The number of carboxylic acids is 1. The molecule has 0 saturated carbocycles. The Kier molecular flexibility index (Phi) is 4.19. The minimum absolute atomic E-state index is 0.0582. The van der Waals surface area contributed by atoms with Crippen LogP contribution in [0.15, 0.2) is 0 Å². The van der Waals surface area contributed by atoms with Gasteiger partial charge in [0.25, 0.3) is 0 Å². The van der Waals surface area contributed by atoms with Crippen LogP contribution in [-0.2, 0) is 4.79 Å². The zero-order valence-electron chi connectivity index (χ0n) is 11.7. The van der Waals surface area contributed by atoms with Crippen molar-refractivity contribution in [2.45, 2.75) is 50.4 Å². The van der Waals surface area contributed by atoms with Gasteiger partial charge in [0.05, 0.1) is 11.7 Å². The number of carbonyl (C=O) groups excluding carboxylic acids is 1. The largest absolute Gasteiger partial charge is 0.480 e. The lowest BCUT2D eigenvalue weighted by Crippen LogP contribution is -2.48. The molecule has 0 spiro atoms. The average molecular weight is 286 g/mol. The third-order valence-corrected chi connectivity index (χ3v) is 4.14. The Labute approximate surface area is 117 Å². The number of nitrogens with zero attached hydrogens (tertiary/aromatic N) is 2. The molecule has 1 unspecified atom stereocenters. The number of aliphatic hydroxyl groups excluding tert-OH is 1. The van der Waals surface area contributed by atoms with Crippen molar-refractivity contribution in [1.82, 2.24) is 9.80 Å². The predicted molar refractivity (Wildman–Crippen MR) is 70.2 cm³/mol. The van der Waals surface area contributed by atoms with Crippen LogP contribution in [0.4, 0.5) is 4.79 Å². The second-order valence-corrected chi connectivity index (χ2v) is 6.02. The van der Waals surface area contributed by atoms with Crippen molar-refractivity contribution in [2.24, 2.45) is 0 Å². The second-order valence-electron chi connectivity index (χ2n) is 6.02. The molecule has 7 heteroatoms. The number of rotatable bonds is 1. The topological polar surface area (TPSA) is 101 Å². The van der Waals surface area contributed by atoms with Gasteiger partial charge in [-0.25, -0.2) is 9.59 Å². The Balaban J connectivity index is 2.05. The summed E-state index contributed by atoms with van der Waals surface area (Å²) in [7, 11) is 0. The van der Waals surface area contributed by atoms with Crippen LogP contribution in [0.25, 0.3) is 0 Å². The maximum Gasteiger partial charge on any atom is 0.326 e. The summed E-state index contributed by atoms with van der Waals surface area (Å²) in [6.45, 7) is 2.72. The van der Waals surface area contributed by atoms with Gasteiger partial charge in [0.1, 0.15) is 6.04 Å². The molecule has 2 fully saturated rings. The summed E-state index contributed by atoms with van der Waals surface area (Å²) in [5.74, 6) is -1.09. The number of likely N-dealkylation sites (tertiary alicyclic amines) is 2. The molecular formula is C13H22N2O5. The Morgan fingerprint density at radius 3 is 2.60 bits per heavy atom. The Morgan fingerprint density at radius 1 is 1.25 bits per heavy atom. The summed E-state index contributed by atoms with van der Waals surface area (Å²) in [5, 5.41) is 28.7. The molecule has 0 aliphatic carbocycles. The molecule has 7 nitrogen and oxygen atoms in total. The Hall–Kier alpha value is -1.34. The molecule has 0 radical (unpaired) electrons. The van der Waals surface area contributed by atoms with E-state index >= 15 is 0 Å². The van der Waals surface area contributed by atoms with Crippen molar-refractivity contribution in [3.63, 3.8) is 0 Å². The molecular weight excluding hydrogens is 264 g/mol. The van der Waals surface area contributed by atoms with Gasteiger partial charge >= 0.3 is 12.0 Å². The van der Waals surface area contributed by atoms with E-state index in [2.05, 4.69) is 0 Å². The van der Waals surface area contributed by atoms with E-state index in [1.54, 1.807) is 11.8 Å². The molecule has 3 atom stereocenters. The summed E-state index contributed by atoms with van der Waals surface area (Å²) in [4.78, 5) is 26.4. The third kappa shape index (κ3) is 3.21. The second kappa shape index (κ2) is 5.57. The van der Waals surface area contributed by atoms with Crippen molar-refractivity contribution in [2.75, 3.05) is 19.6 Å². The SMILES string of the molecule is CC1(O)CCCN(C(=O)N2C[C@H](O)C[C@H]2C(=O)O)CC1. The summed E-state index contributed by atoms with van der Waals surface area (Å²) in [5.41, 5.74) is -0.772. The summed E-state index contributed by atoms with van der Waals surface area (Å²) >= 11 is 0. The van der Waals surface area contributed by atoms with E-state index in [9.17, 15) is 19.8 Å². The predicted octanol–water partition coefficient (Wildman–Crippen LogP) is -0.137. The lowest BCUT2D eigenvalue weighted by Gasteiger charge is -2.29. The molecule has 3 N–H and O–H groups in total. The third-order valence-electron chi connectivity index (χ3n) is 4.14. The molecule has 0 aromatic heterocycles. The average Bonchev–Trinajstić information content (AvgIpc) is 2.65. The summed E-state index contributed by atoms with van der Waals surface area (Å²) < 4.78 is 0. The van der Waals surface area contributed by atoms with Gasteiger partial charge in [-0.1, -0.05) is 0 Å². The van der Waals surface area contributed by atoms with Crippen LogP contribution >= 0.6 is 0 Å². The quantitative estimate of drug-likeness (QED) is 0.623. The van der Waals surface area contributed by atoms with Crippen LogP contribution in [0.2, 0.25) is 0 Å². The van der Waals surface area contributed by atoms with Crippen LogP contribution in [0.5, 0.6) is 0 Å². The van der Waals surface area contributed by atoms with Crippen LogP contribution in [0, 0.1) is 0 Å². The van der Waals surface area contributed by atoms with Crippen molar-refractivity contribution < 1.29 is 24.9 Å². The maximum atomic E-state index is 12.4. The summed E-state index contributed by atoms with van der Waals surface area (Å²) in [6, 6.07) is -1.31. The van der Waals surface area contributed by atoms with E-state index in [0.717, 1.165) is 0 Å². The van der Waals surface area contributed by atoms with Crippen molar-refractivity contribution in [1.29, 1.82) is 0 Å². The van der Waals surface area contributed by atoms with Crippen LogP contribution in [0.3, 0.4) is 0 Å². The highest BCUT2D eigenvalue weighted by molar-refractivity contribution is 5.83. The van der Waals surface area contributed by atoms with E-state index in [4.69, 9.17) is 5.11 Å². The fraction of sp³-hybridized carbons (Fsp3) is 0.846.